The van der Waals surface area contributed by atoms with Crippen LogP contribution in [0.15, 0.2) is 57.9 Å². The molecule has 1 aliphatic carbocycles. The molecule has 1 aromatic heterocycles. The van der Waals surface area contributed by atoms with Gasteiger partial charge in [-0.15, -0.1) is 0 Å². The molecule has 0 aliphatic heterocycles. The van der Waals surface area contributed by atoms with Gasteiger partial charge in [-0.25, -0.2) is 8.42 Å². The average Bonchev–Trinajstić information content (AvgIpc) is 3.21. The van der Waals surface area contributed by atoms with E-state index < -0.39 is 9.84 Å². The Balaban J connectivity index is 1.58. The van der Waals surface area contributed by atoms with Crippen LogP contribution >= 0.6 is 0 Å². The van der Waals surface area contributed by atoms with E-state index in [-0.39, 0.29) is 10.8 Å². The lowest BCUT2D eigenvalue weighted by Gasteiger charge is -2.01. The number of hydrogen-bond donors (Lipinski definition) is 0. The number of aromatic nitrogens is 2. The maximum atomic E-state index is 11.5. The minimum absolute atomic E-state index is 0.232. The van der Waals surface area contributed by atoms with Gasteiger partial charge in [0.2, 0.25) is 0 Å². The van der Waals surface area contributed by atoms with E-state index in [0.717, 1.165) is 18.4 Å². The predicted molar refractivity (Wildman–Crippen MR) is 89.4 cm³/mol. The second kappa shape index (κ2) is 5.56. The maximum absolute atomic E-state index is 11.5. The van der Waals surface area contributed by atoms with E-state index >= 15 is 0 Å². The molecule has 0 N–H and O–H groups in total. The van der Waals surface area contributed by atoms with E-state index in [9.17, 15) is 8.42 Å². The molecule has 122 valence electrons. The number of hydrogen-bond acceptors (Lipinski definition) is 5. The number of sulfone groups is 1. The molecular weight excluding hydrogens is 324 g/mol. The fourth-order valence-electron chi connectivity index (χ4n) is 3.10. The van der Waals surface area contributed by atoms with Crippen LogP contribution in [0.4, 0.5) is 0 Å². The Labute approximate surface area is 140 Å². The molecule has 0 saturated heterocycles. The van der Waals surface area contributed by atoms with Crippen molar-refractivity contribution in [1.29, 1.82) is 0 Å². The molecule has 0 unspecified atom stereocenters. The third-order valence-corrected chi connectivity index (χ3v) is 5.52. The molecule has 2 aromatic carbocycles. The van der Waals surface area contributed by atoms with Gasteiger partial charge in [0.15, 0.2) is 15.7 Å². The number of nitrogens with zero attached hydrogens (tertiary/aromatic N) is 2. The molecule has 1 heterocycles. The molecule has 0 saturated carbocycles. The largest absolute Gasteiger partial charge is 0.334 e. The first kappa shape index (κ1) is 15.1. The van der Waals surface area contributed by atoms with Gasteiger partial charge in [-0.1, -0.05) is 29.4 Å². The zero-order valence-electron chi connectivity index (χ0n) is 13.1. The van der Waals surface area contributed by atoms with Crippen LogP contribution in [0.5, 0.6) is 0 Å². The van der Waals surface area contributed by atoms with Crippen molar-refractivity contribution in [3.63, 3.8) is 0 Å². The second-order valence-electron chi connectivity index (χ2n) is 6.13. The smallest absolute Gasteiger partial charge is 0.257 e. The quantitative estimate of drug-likeness (QED) is 0.733. The summed E-state index contributed by atoms with van der Waals surface area (Å²) in [5.41, 5.74) is 3.40. The van der Waals surface area contributed by atoms with Crippen LogP contribution in [0, 0.1) is 0 Å². The minimum Gasteiger partial charge on any atom is -0.334 e. The molecule has 1 aliphatic rings. The molecule has 24 heavy (non-hydrogen) atoms. The molecule has 3 aromatic rings. The van der Waals surface area contributed by atoms with Crippen molar-refractivity contribution >= 4 is 9.84 Å². The van der Waals surface area contributed by atoms with Gasteiger partial charge < -0.3 is 4.52 Å². The van der Waals surface area contributed by atoms with Gasteiger partial charge in [-0.05, 0) is 48.2 Å². The molecule has 0 spiro atoms. The summed E-state index contributed by atoms with van der Waals surface area (Å²) in [6.45, 7) is 0. The summed E-state index contributed by atoms with van der Waals surface area (Å²) in [5, 5.41) is 4.12. The Bertz CT molecular complexity index is 966. The van der Waals surface area contributed by atoms with Gasteiger partial charge in [0.05, 0.1) is 4.90 Å². The summed E-state index contributed by atoms with van der Waals surface area (Å²) >= 11 is 0. The number of benzene rings is 2. The topological polar surface area (TPSA) is 73.1 Å². The molecular formula is C18H16N2O3S. The Morgan fingerprint density at radius 3 is 2.21 bits per heavy atom. The van der Waals surface area contributed by atoms with Gasteiger partial charge >= 0.3 is 0 Å². The summed E-state index contributed by atoms with van der Waals surface area (Å²) in [4.78, 5) is 4.79. The van der Waals surface area contributed by atoms with Gasteiger partial charge in [0.25, 0.3) is 5.89 Å². The van der Waals surface area contributed by atoms with Gasteiger partial charge in [0, 0.05) is 17.7 Å². The van der Waals surface area contributed by atoms with Gasteiger partial charge in [0.1, 0.15) is 0 Å². The lowest BCUT2D eigenvalue weighted by atomic mass is 10.1. The lowest BCUT2D eigenvalue weighted by Crippen LogP contribution is -2.00. The highest BCUT2D eigenvalue weighted by Gasteiger charge is 2.26. The summed E-state index contributed by atoms with van der Waals surface area (Å²) in [6.07, 6.45) is 3.02. The Morgan fingerprint density at radius 1 is 1.00 bits per heavy atom. The van der Waals surface area contributed by atoms with Crippen molar-refractivity contribution in [3.05, 3.63) is 65.5 Å². The third-order valence-electron chi connectivity index (χ3n) is 4.39. The van der Waals surface area contributed by atoms with E-state index in [1.165, 1.54) is 17.4 Å². The fourth-order valence-corrected chi connectivity index (χ4v) is 3.73. The summed E-state index contributed by atoms with van der Waals surface area (Å²) in [7, 11) is -3.21. The average molecular weight is 340 g/mol. The highest BCUT2D eigenvalue weighted by atomic mass is 32.2. The molecule has 0 atom stereocenters. The minimum atomic E-state index is -3.21. The number of rotatable bonds is 3. The first-order valence-corrected chi connectivity index (χ1v) is 9.61. The summed E-state index contributed by atoms with van der Waals surface area (Å²) in [5.74, 6) is 1.35. The van der Waals surface area contributed by atoms with Crippen molar-refractivity contribution < 1.29 is 12.9 Å². The van der Waals surface area contributed by atoms with E-state index in [0.29, 0.717) is 11.7 Å². The highest BCUT2D eigenvalue weighted by Crippen LogP contribution is 2.33. The van der Waals surface area contributed by atoms with Crippen LogP contribution < -0.4 is 0 Å². The second-order valence-corrected chi connectivity index (χ2v) is 8.14. The zero-order chi connectivity index (χ0) is 16.7. The first-order chi connectivity index (χ1) is 11.5. The molecule has 4 rings (SSSR count). The fraction of sp³-hybridized carbons (Fsp3) is 0.222. The number of fused-ring (bicyclic) bond motifs is 1. The van der Waals surface area contributed by atoms with E-state index in [2.05, 4.69) is 22.3 Å². The SMILES string of the molecule is CS(=O)(=O)c1ccc(-c2nc(C3Cc4ccccc4C3)no2)cc1. The monoisotopic (exact) mass is 340 g/mol. The van der Waals surface area contributed by atoms with Crippen LogP contribution in [0.3, 0.4) is 0 Å². The van der Waals surface area contributed by atoms with E-state index in [1.807, 2.05) is 12.1 Å². The normalized spacial score (nSPS) is 14.7. The summed E-state index contributed by atoms with van der Waals surface area (Å²) < 4.78 is 28.4. The molecule has 0 fully saturated rings. The first-order valence-electron chi connectivity index (χ1n) is 7.71. The third kappa shape index (κ3) is 2.73. The Kier molecular flexibility index (Phi) is 3.49. The van der Waals surface area contributed by atoms with Crippen molar-refractivity contribution in [2.75, 3.05) is 6.26 Å². The maximum Gasteiger partial charge on any atom is 0.257 e. The standard InChI is InChI=1S/C18H16N2O3S/c1-24(21,22)16-8-6-12(7-9-16)18-19-17(20-23-18)15-10-13-4-2-3-5-14(13)11-15/h2-9,15H,10-11H2,1H3. The molecule has 0 amide bonds. The molecule has 6 heteroatoms. The summed E-state index contributed by atoms with van der Waals surface area (Å²) in [6, 6.07) is 14.9. The predicted octanol–water partition coefficient (Wildman–Crippen LogP) is 3.02. The van der Waals surface area contributed by atoms with Crippen molar-refractivity contribution in [3.8, 4) is 11.5 Å². The van der Waals surface area contributed by atoms with Gasteiger partial charge in [-0.2, -0.15) is 4.98 Å². The van der Waals surface area contributed by atoms with Crippen molar-refractivity contribution in [2.24, 2.45) is 0 Å². The van der Waals surface area contributed by atoms with E-state index in [1.54, 1.807) is 24.3 Å². The van der Waals surface area contributed by atoms with Crippen LogP contribution in [0.2, 0.25) is 0 Å². The molecule has 5 nitrogen and oxygen atoms in total. The highest BCUT2D eigenvalue weighted by molar-refractivity contribution is 7.90. The Morgan fingerprint density at radius 2 is 1.62 bits per heavy atom. The van der Waals surface area contributed by atoms with Crippen LogP contribution in [0.25, 0.3) is 11.5 Å². The Hall–Kier alpha value is -2.47. The molecule has 0 radical (unpaired) electrons. The zero-order valence-corrected chi connectivity index (χ0v) is 14.0. The van der Waals surface area contributed by atoms with Crippen LogP contribution in [-0.2, 0) is 22.7 Å². The van der Waals surface area contributed by atoms with E-state index in [4.69, 9.17) is 4.52 Å². The van der Waals surface area contributed by atoms with Crippen LogP contribution in [-0.4, -0.2) is 24.8 Å². The van der Waals surface area contributed by atoms with Crippen molar-refractivity contribution in [1.82, 2.24) is 10.1 Å². The lowest BCUT2D eigenvalue weighted by molar-refractivity contribution is 0.416. The molecule has 0 bridgehead atoms. The van der Waals surface area contributed by atoms with Gasteiger partial charge in [-0.3, -0.25) is 0 Å². The van der Waals surface area contributed by atoms with Crippen molar-refractivity contribution in [2.45, 2.75) is 23.7 Å². The van der Waals surface area contributed by atoms with Crippen LogP contribution in [0.1, 0.15) is 22.9 Å².